The Hall–Kier alpha value is -2.16. The van der Waals surface area contributed by atoms with Gasteiger partial charge in [-0.05, 0) is 44.9 Å². The van der Waals surface area contributed by atoms with Crippen molar-refractivity contribution in [1.29, 1.82) is 0 Å². The third-order valence-corrected chi connectivity index (χ3v) is 6.80. The van der Waals surface area contributed by atoms with Crippen molar-refractivity contribution >= 4 is 23.8 Å². The van der Waals surface area contributed by atoms with Gasteiger partial charge in [-0.25, -0.2) is 4.79 Å². The third kappa shape index (κ3) is 8.19. The van der Waals surface area contributed by atoms with Gasteiger partial charge in [0.1, 0.15) is 17.7 Å². The minimum absolute atomic E-state index is 0.00892. The average Bonchev–Trinajstić information content (AvgIpc) is 3.15. The number of carbonyl (C=O) groups excluding carboxylic acids is 4. The lowest BCUT2D eigenvalue weighted by molar-refractivity contribution is -0.159. The second-order valence-electron chi connectivity index (χ2n) is 12.0. The number of nitrogens with zero attached hydrogens (tertiary/aromatic N) is 1. The van der Waals surface area contributed by atoms with Crippen LogP contribution in [-0.4, -0.2) is 71.2 Å². The largest absolute Gasteiger partial charge is 0.467 e. The summed E-state index contributed by atoms with van der Waals surface area (Å²) in [6.07, 6.45) is 3.98. The van der Waals surface area contributed by atoms with Gasteiger partial charge in [-0.1, -0.05) is 40.0 Å². The Labute approximate surface area is 209 Å². The molecule has 1 saturated carbocycles. The van der Waals surface area contributed by atoms with Gasteiger partial charge in [-0.15, -0.1) is 0 Å². The van der Waals surface area contributed by atoms with Gasteiger partial charge in [0.05, 0.1) is 25.6 Å². The van der Waals surface area contributed by atoms with Crippen LogP contribution in [0.1, 0.15) is 86.5 Å². The maximum absolute atomic E-state index is 13.6. The molecule has 2 aliphatic rings. The molecule has 0 spiro atoms. The standard InChI is InChI=1S/C26H44N2O7/c1-25(2,3)21(23(32)28-15-17(29)13-19(28)24(33)34-7)27-22(31)18(16-11-9-8-10-12-16)14-20(30)35-26(4,5)6/h16-19,21,29H,8-15H2,1-7H3,(H,27,31)/t17?,18-,19-,21+/m0/s1. The van der Waals surface area contributed by atoms with Crippen LogP contribution in [0, 0.1) is 17.3 Å². The number of aliphatic hydroxyl groups is 1. The van der Waals surface area contributed by atoms with Crippen LogP contribution in [0.5, 0.6) is 0 Å². The summed E-state index contributed by atoms with van der Waals surface area (Å²) in [7, 11) is 1.24. The van der Waals surface area contributed by atoms with E-state index in [0.717, 1.165) is 32.1 Å². The van der Waals surface area contributed by atoms with Crippen LogP contribution in [0.4, 0.5) is 0 Å². The molecule has 200 valence electrons. The number of hydrogen-bond donors (Lipinski definition) is 2. The van der Waals surface area contributed by atoms with Crippen molar-refractivity contribution < 1.29 is 33.8 Å². The van der Waals surface area contributed by atoms with Gasteiger partial charge < -0.3 is 24.8 Å². The highest BCUT2D eigenvalue weighted by Gasteiger charge is 2.46. The predicted molar refractivity (Wildman–Crippen MR) is 130 cm³/mol. The van der Waals surface area contributed by atoms with Gasteiger partial charge in [0.15, 0.2) is 0 Å². The smallest absolute Gasteiger partial charge is 0.328 e. The second kappa shape index (κ2) is 11.7. The number of likely N-dealkylation sites (tertiary alicyclic amines) is 1. The minimum atomic E-state index is -0.947. The van der Waals surface area contributed by atoms with E-state index in [4.69, 9.17) is 9.47 Å². The third-order valence-electron chi connectivity index (χ3n) is 6.80. The molecule has 9 nitrogen and oxygen atoms in total. The summed E-state index contributed by atoms with van der Waals surface area (Å²) in [6.45, 7) is 10.9. The van der Waals surface area contributed by atoms with Crippen molar-refractivity contribution in [3.05, 3.63) is 0 Å². The van der Waals surface area contributed by atoms with E-state index in [1.165, 1.54) is 12.0 Å². The van der Waals surface area contributed by atoms with Gasteiger partial charge >= 0.3 is 11.9 Å². The zero-order valence-corrected chi connectivity index (χ0v) is 22.4. The molecule has 0 aromatic heterocycles. The van der Waals surface area contributed by atoms with Crippen LogP contribution in [0.2, 0.25) is 0 Å². The zero-order chi connectivity index (χ0) is 26.6. The van der Waals surface area contributed by atoms with Crippen LogP contribution < -0.4 is 5.32 Å². The van der Waals surface area contributed by atoms with E-state index in [2.05, 4.69) is 5.32 Å². The van der Waals surface area contributed by atoms with Gasteiger partial charge in [0.2, 0.25) is 11.8 Å². The molecule has 1 saturated heterocycles. The van der Waals surface area contributed by atoms with E-state index in [9.17, 15) is 24.3 Å². The SMILES string of the molecule is COC(=O)[C@@H]1CC(O)CN1C(=O)[C@@H](NC(=O)[C@@H](CC(=O)OC(C)(C)C)C1CCCCC1)C(C)(C)C. The summed E-state index contributed by atoms with van der Waals surface area (Å²) in [6, 6.07) is -1.85. The summed E-state index contributed by atoms with van der Waals surface area (Å²) in [5.41, 5.74) is -1.34. The van der Waals surface area contributed by atoms with E-state index in [1.54, 1.807) is 20.8 Å². The Balaban J connectivity index is 2.27. The molecule has 1 aliphatic carbocycles. The Morgan fingerprint density at radius 3 is 2.14 bits per heavy atom. The number of esters is 2. The number of aliphatic hydroxyl groups excluding tert-OH is 1. The van der Waals surface area contributed by atoms with E-state index in [0.29, 0.717) is 0 Å². The Morgan fingerprint density at radius 1 is 1.03 bits per heavy atom. The first-order valence-electron chi connectivity index (χ1n) is 12.7. The number of hydrogen-bond acceptors (Lipinski definition) is 7. The predicted octanol–water partition coefficient (Wildman–Crippen LogP) is 2.58. The van der Waals surface area contributed by atoms with Crippen molar-refractivity contribution in [2.75, 3.05) is 13.7 Å². The number of nitrogens with one attached hydrogen (secondary N) is 1. The van der Waals surface area contributed by atoms with Crippen molar-refractivity contribution in [1.82, 2.24) is 10.2 Å². The Bertz CT molecular complexity index is 778. The molecule has 0 aromatic rings. The molecular formula is C26H44N2O7. The molecule has 2 rings (SSSR count). The van der Waals surface area contributed by atoms with Crippen LogP contribution >= 0.6 is 0 Å². The molecule has 1 heterocycles. The van der Waals surface area contributed by atoms with Crippen molar-refractivity contribution in [2.45, 2.75) is 110 Å². The first-order valence-corrected chi connectivity index (χ1v) is 12.7. The van der Waals surface area contributed by atoms with Crippen molar-refractivity contribution in [3.63, 3.8) is 0 Å². The normalized spacial score (nSPS) is 23.4. The lowest BCUT2D eigenvalue weighted by Gasteiger charge is -2.37. The van der Waals surface area contributed by atoms with Crippen molar-refractivity contribution in [2.24, 2.45) is 17.3 Å². The molecule has 9 heteroatoms. The van der Waals surface area contributed by atoms with E-state index >= 15 is 0 Å². The first-order chi connectivity index (χ1) is 16.1. The molecule has 0 radical (unpaired) electrons. The quantitative estimate of drug-likeness (QED) is 0.520. The van der Waals surface area contributed by atoms with E-state index in [-0.39, 0.29) is 31.2 Å². The fourth-order valence-electron chi connectivity index (χ4n) is 5.05. The van der Waals surface area contributed by atoms with Crippen LogP contribution in [0.3, 0.4) is 0 Å². The fraction of sp³-hybridized carbons (Fsp3) is 0.846. The molecule has 35 heavy (non-hydrogen) atoms. The number of amides is 2. The van der Waals surface area contributed by atoms with Crippen LogP contribution in [-0.2, 0) is 28.7 Å². The fourth-order valence-corrected chi connectivity index (χ4v) is 5.05. The van der Waals surface area contributed by atoms with Crippen LogP contribution in [0.15, 0.2) is 0 Å². The van der Waals surface area contributed by atoms with E-state index < -0.39 is 53.0 Å². The molecule has 1 aliphatic heterocycles. The number of rotatable bonds is 7. The molecule has 0 bridgehead atoms. The van der Waals surface area contributed by atoms with Gasteiger partial charge in [0.25, 0.3) is 0 Å². The Kier molecular flexibility index (Phi) is 9.73. The number of carbonyl (C=O) groups is 4. The monoisotopic (exact) mass is 496 g/mol. The number of β-amino-alcohol motifs (C(OH)–C–C–N with tert-alkyl or cyclic N) is 1. The van der Waals surface area contributed by atoms with Gasteiger partial charge in [-0.3, -0.25) is 14.4 Å². The lowest BCUT2D eigenvalue weighted by atomic mass is 9.77. The van der Waals surface area contributed by atoms with Gasteiger partial charge in [-0.2, -0.15) is 0 Å². The molecule has 2 fully saturated rings. The molecule has 1 unspecified atom stereocenters. The minimum Gasteiger partial charge on any atom is -0.467 e. The molecule has 2 amide bonds. The summed E-state index contributed by atoms with van der Waals surface area (Å²) < 4.78 is 10.3. The summed E-state index contributed by atoms with van der Waals surface area (Å²) in [4.78, 5) is 53.5. The molecule has 4 atom stereocenters. The van der Waals surface area contributed by atoms with Crippen molar-refractivity contribution in [3.8, 4) is 0 Å². The summed E-state index contributed by atoms with van der Waals surface area (Å²) in [5.74, 6) is -2.41. The number of ether oxygens (including phenoxy) is 2. The molecular weight excluding hydrogens is 452 g/mol. The average molecular weight is 497 g/mol. The highest BCUT2D eigenvalue weighted by molar-refractivity contribution is 5.93. The van der Waals surface area contributed by atoms with Gasteiger partial charge in [0, 0.05) is 13.0 Å². The topological polar surface area (TPSA) is 122 Å². The zero-order valence-electron chi connectivity index (χ0n) is 22.4. The highest BCUT2D eigenvalue weighted by Crippen LogP contribution is 2.34. The van der Waals surface area contributed by atoms with E-state index in [1.807, 2.05) is 20.8 Å². The lowest BCUT2D eigenvalue weighted by Crippen LogP contribution is -2.58. The Morgan fingerprint density at radius 2 is 1.63 bits per heavy atom. The van der Waals surface area contributed by atoms with Crippen LogP contribution in [0.25, 0.3) is 0 Å². The maximum atomic E-state index is 13.6. The maximum Gasteiger partial charge on any atom is 0.328 e. The number of methoxy groups -OCH3 is 1. The molecule has 0 aromatic carbocycles. The second-order valence-corrected chi connectivity index (χ2v) is 12.0. The first kappa shape index (κ1) is 29.1. The highest BCUT2D eigenvalue weighted by atomic mass is 16.6. The summed E-state index contributed by atoms with van der Waals surface area (Å²) in [5, 5.41) is 13.1. The summed E-state index contributed by atoms with van der Waals surface area (Å²) >= 11 is 0. The molecule has 2 N–H and O–H groups in total.